The van der Waals surface area contributed by atoms with Crippen LogP contribution in [0.5, 0.6) is 0 Å². The number of sulfonamides is 1. The number of benzene rings is 2. The molecule has 12 heteroatoms. The van der Waals surface area contributed by atoms with Crippen LogP contribution >= 0.6 is 11.6 Å². The Kier molecular flexibility index (Phi) is 10.4. The van der Waals surface area contributed by atoms with Crippen molar-refractivity contribution in [3.8, 4) is 0 Å². The standard InChI is InChI=1S/C25H31ClF3N3O4S/c1-5-17(3)30-24(34)21(6-2)31(15-18-10-8-7-9-11-18)23(33)16-32(37(4,35)36)22-14-19(25(27,28)29)12-13-20(22)26/h7-14,17,21H,5-6,15-16H2,1-4H3,(H,30,34). The van der Waals surface area contributed by atoms with E-state index in [9.17, 15) is 31.2 Å². The van der Waals surface area contributed by atoms with E-state index in [1.54, 1.807) is 37.3 Å². The monoisotopic (exact) mass is 561 g/mol. The van der Waals surface area contributed by atoms with Gasteiger partial charge in [0.1, 0.15) is 12.6 Å². The highest BCUT2D eigenvalue weighted by atomic mass is 35.5. The van der Waals surface area contributed by atoms with E-state index >= 15 is 0 Å². The van der Waals surface area contributed by atoms with E-state index in [0.29, 0.717) is 22.4 Å². The average Bonchev–Trinajstić information content (AvgIpc) is 2.81. The van der Waals surface area contributed by atoms with E-state index < -0.39 is 51.9 Å². The molecule has 0 aliphatic rings. The molecular weight excluding hydrogens is 531 g/mol. The SMILES string of the molecule is CCC(C)NC(=O)C(CC)N(Cc1ccccc1)C(=O)CN(c1cc(C(F)(F)F)ccc1Cl)S(C)(=O)=O. The second-order valence-corrected chi connectivity index (χ2v) is 11.0. The second-order valence-electron chi connectivity index (χ2n) is 8.68. The number of carbonyl (C=O) groups is 2. The number of carbonyl (C=O) groups excluding carboxylic acids is 2. The van der Waals surface area contributed by atoms with Gasteiger partial charge >= 0.3 is 6.18 Å². The van der Waals surface area contributed by atoms with Crippen LogP contribution in [0, 0.1) is 0 Å². The summed E-state index contributed by atoms with van der Waals surface area (Å²) in [6.07, 6.45) is -3.10. The molecule has 2 aromatic rings. The lowest BCUT2D eigenvalue weighted by atomic mass is 10.1. The molecule has 0 aliphatic carbocycles. The molecule has 2 amide bonds. The Morgan fingerprint density at radius 1 is 1.05 bits per heavy atom. The first-order valence-electron chi connectivity index (χ1n) is 11.7. The summed E-state index contributed by atoms with van der Waals surface area (Å²) in [4.78, 5) is 27.9. The summed E-state index contributed by atoms with van der Waals surface area (Å²) in [7, 11) is -4.25. The van der Waals surface area contributed by atoms with Gasteiger partial charge in [-0.05, 0) is 43.5 Å². The Balaban J connectivity index is 2.52. The first kappa shape index (κ1) is 30.4. The summed E-state index contributed by atoms with van der Waals surface area (Å²) in [6, 6.07) is 9.92. The smallest absolute Gasteiger partial charge is 0.352 e. The predicted molar refractivity (Wildman–Crippen MR) is 138 cm³/mol. The van der Waals surface area contributed by atoms with Gasteiger partial charge in [0.05, 0.1) is 22.5 Å². The van der Waals surface area contributed by atoms with Crippen LogP contribution in [-0.2, 0) is 32.3 Å². The number of hydrogen-bond acceptors (Lipinski definition) is 4. The van der Waals surface area contributed by atoms with Crippen LogP contribution in [0.3, 0.4) is 0 Å². The number of amides is 2. The van der Waals surface area contributed by atoms with Gasteiger partial charge < -0.3 is 10.2 Å². The van der Waals surface area contributed by atoms with Crippen molar-refractivity contribution in [2.75, 3.05) is 17.1 Å². The largest absolute Gasteiger partial charge is 0.416 e. The maximum Gasteiger partial charge on any atom is 0.416 e. The fourth-order valence-corrected chi connectivity index (χ4v) is 4.74. The van der Waals surface area contributed by atoms with Crippen molar-refractivity contribution in [2.45, 2.75) is 58.4 Å². The topological polar surface area (TPSA) is 86.8 Å². The van der Waals surface area contributed by atoms with Crippen LogP contribution in [0.2, 0.25) is 5.02 Å². The highest BCUT2D eigenvalue weighted by Crippen LogP contribution is 2.36. The van der Waals surface area contributed by atoms with Gasteiger partial charge in [-0.15, -0.1) is 0 Å². The Hall–Kier alpha value is -2.79. The number of anilines is 1. The summed E-state index contributed by atoms with van der Waals surface area (Å²) in [5, 5.41) is 2.56. The third-order valence-corrected chi connectivity index (χ3v) is 7.25. The Morgan fingerprint density at radius 3 is 2.19 bits per heavy atom. The molecule has 0 saturated heterocycles. The number of hydrogen-bond donors (Lipinski definition) is 1. The third kappa shape index (κ3) is 8.36. The lowest BCUT2D eigenvalue weighted by Gasteiger charge is -2.33. The van der Waals surface area contributed by atoms with E-state index in [2.05, 4.69) is 5.32 Å². The average molecular weight is 562 g/mol. The van der Waals surface area contributed by atoms with Crippen molar-refractivity contribution in [3.63, 3.8) is 0 Å². The molecule has 37 heavy (non-hydrogen) atoms. The van der Waals surface area contributed by atoms with Gasteiger partial charge in [-0.2, -0.15) is 13.2 Å². The molecule has 0 radical (unpaired) electrons. The van der Waals surface area contributed by atoms with Crippen molar-refractivity contribution in [2.24, 2.45) is 0 Å². The van der Waals surface area contributed by atoms with Gasteiger partial charge in [0.15, 0.2) is 0 Å². The fourth-order valence-electron chi connectivity index (χ4n) is 3.62. The Labute approximate surface area is 220 Å². The van der Waals surface area contributed by atoms with Crippen LogP contribution in [0.1, 0.15) is 44.7 Å². The van der Waals surface area contributed by atoms with Crippen molar-refractivity contribution in [1.82, 2.24) is 10.2 Å². The quantitative estimate of drug-likeness (QED) is 0.425. The van der Waals surface area contributed by atoms with Crippen molar-refractivity contribution in [3.05, 3.63) is 64.7 Å². The first-order chi connectivity index (χ1) is 17.2. The molecule has 0 spiro atoms. The van der Waals surface area contributed by atoms with Crippen LogP contribution in [-0.4, -0.2) is 50.0 Å². The fraction of sp³-hybridized carbons (Fsp3) is 0.440. The molecule has 2 rings (SSSR count). The van der Waals surface area contributed by atoms with E-state index in [-0.39, 0.29) is 24.0 Å². The Bertz CT molecular complexity index is 1190. The third-order valence-electron chi connectivity index (χ3n) is 5.80. The normalized spacial score (nSPS) is 13.5. The van der Waals surface area contributed by atoms with Gasteiger partial charge in [0.2, 0.25) is 21.8 Å². The molecule has 204 valence electrons. The molecule has 0 aromatic heterocycles. The lowest BCUT2D eigenvalue weighted by Crippen LogP contribution is -2.53. The molecule has 0 fully saturated rings. The van der Waals surface area contributed by atoms with Crippen molar-refractivity contribution >= 4 is 39.1 Å². The highest BCUT2D eigenvalue weighted by Gasteiger charge is 2.35. The molecule has 1 N–H and O–H groups in total. The van der Waals surface area contributed by atoms with Crippen LogP contribution in [0.4, 0.5) is 18.9 Å². The molecule has 0 heterocycles. The van der Waals surface area contributed by atoms with E-state index in [1.807, 2.05) is 13.8 Å². The maximum atomic E-state index is 13.6. The molecule has 7 nitrogen and oxygen atoms in total. The summed E-state index contributed by atoms with van der Waals surface area (Å²) < 4.78 is 65.8. The zero-order valence-corrected chi connectivity index (χ0v) is 22.6. The minimum Gasteiger partial charge on any atom is -0.352 e. The molecule has 2 aromatic carbocycles. The van der Waals surface area contributed by atoms with Gasteiger partial charge in [0, 0.05) is 12.6 Å². The minimum absolute atomic E-state index is 0.0139. The molecule has 0 bridgehead atoms. The molecular formula is C25H31ClF3N3O4S. The summed E-state index contributed by atoms with van der Waals surface area (Å²) >= 11 is 6.09. The minimum atomic E-state index is -4.76. The lowest BCUT2D eigenvalue weighted by molar-refractivity contribution is -0.140. The Morgan fingerprint density at radius 2 is 1.68 bits per heavy atom. The summed E-state index contributed by atoms with van der Waals surface area (Å²) in [5.74, 6) is -1.18. The van der Waals surface area contributed by atoms with Crippen LogP contribution in [0.25, 0.3) is 0 Å². The zero-order valence-electron chi connectivity index (χ0n) is 21.0. The zero-order chi connectivity index (χ0) is 28.0. The van der Waals surface area contributed by atoms with Crippen LogP contribution < -0.4 is 9.62 Å². The predicted octanol–water partition coefficient (Wildman–Crippen LogP) is 4.85. The number of nitrogens with zero attached hydrogens (tertiary/aromatic N) is 2. The highest BCUT2D eigenvalue weighted by molar-refractivity contribution is 7.92. The van der Waals surface area contributed by atoms with E-state index in [0.717, 1.165) is 18.4 Å². The first-order valence-corrected chi connectivity index (χ1v) is 13.9. The second kappa shape index (κ2) is 12.6. The molecule has 2 unspecified atom stereocenters. The molecule has 0 saturated carbocycles. The summed E-state index contributed by atoms with van der Waals surface area (Å²) in [6.45, 7) is 4.56. The van der Waals surface area contributed by atoms with E-state index in [1.165, 1.54) is 4.90 Å². The summed E-state index contributed by atoms with van der Waals surface area (Å²) in [5.41, 5.74) is -0.911. The van der Waals surface area contributed by atoms with Crippen molar-refractivity contribution in [1.29, 1.82) is 0 Å². The van der Waals surface area contributed by atoms with Gasteiger partial charge in [0.25, 0.3) is 0 Å². The van der Waals surface area contributed by atoms with E-state index in [4.69, 9.17) is 11.6 Å². The number of rotatable bonds is 11. The van der Waals surface area contributed by atoms with Crippen LogP contribution in [0.15, 0.2) is 48.5 Å². The van der Waals surface area contributed by atoms with Gasteiger partial charge in [-0.3, -0.25) is 13.9 Å². The van der Waals surface area contributed by atoms with Gasteiger partial charge in [-0.1, -0.05) is 55.8 Å². The van der Waals surface area contributed by atoms with Crippen molar-refractivity contribution < 1.29 is 31.2 Å². The number of nitrogens with one attached hydrogen (secondary N) is 1. The number of alkyl halides is 3. The number of halogens is 4. The van der Waals surface area contributed by atoms with Gasteiger partial charge in [-0.25, -0.2) is 8.42 Å². The molecule has 0 aliphatic heterocycles. The molecule has 2 atom stereocenters. The maximum absolute atomic E-state index is 13.6.